The van der Waals surface area contributed by atoms with Gasteiger partial charge in [0.1, 0.15) is 16.5 Å². The van der Waals surface area contributed by atoms with Crippen molar-refractivity contribution in [2.24, 2.45) is 0 Å². The topological polar surface area (TPSA) is 91.0 Å². The van der Waals surface area contributed by atoms with Crippen LogP contribution in [-0.2, 0) is 9.53 Å². The minimum atomic E-state index is -0.724. The molecule has 1 N–H and O–H groups in total. The lowest BCUT2D eigenvalue weighted by molar-refractivity contribution is -0.119. The minimum absolute atomic E-state index is 0.119. The van der Waals surface area contributed by atoms with Gasteiger partial charge in [0.15, 0.2) is 6.61 Å². The normalized spacial score (nSPS) is 10.8. The summed E-state index contributed by atoms with van der Waals surface area (Å²) in [6.45, 7) is 5.00. The van der Waals surface area contributed by atoms with Crippen LogP contribution < -0.4 is 5.32 Å². The molecule has 0 radical (unpaired) electrons. The molecule has 0 aliphatic rings. The quantitative estimate of drug-likeness (QED) is 0.427. The number of para-hydroxylation sites is 1. The van der Waals surface area contributed by atoms with Crippen molar-refractivity contribution in [1.82, 2.24) is 19.6 Å². The number of carbonyl (C=O) groups excluding carboxylic acids is 2. The van der Waals surface area contributed by atoms with Crippen LogP contribution in [0.25, 0.3) is 11.4 Å². The number of hydrogen-bond donors (Lipinski definition) is 1. The predicted molar refractivity (Wildman–Crippen MR) is 125 cm³/mol. The zero-order valence-corrected chi connectivity index (χ0v) is 19.1. The van der Waals surface area contributed by atoms with Crippen LogP contribution in [0.2, 0.25) is 5.15 Å². The molecule has 4 aromatic rings. The summed E-state index contributed by atoms with van der Waals surface area (Å²) in [4.78, 5) is 25.2. The SMILES string of the molecule is Cc1ccc(-n2nc(C)cc2NC(=O)COC(=O)c2c(C)nn(-c3ccccc3)c2Cl)cc1. The van der Waals surface area contributed by atoms with Crippen molar-refractivity contribution in [2.45, 2.75) is 20.8 Å². The number of rotatable bonds is 6. The predicted octanol–water partition coefficient (Wildman–Crippen LogP) is 4.43. The zero-order valence-electron chi connectivity index (χ0n) is 18.4. The number of amides is 1. The number of carbonyl (C=O) groups is 2. The summed E-state index contributed by atoms with van der Waals surface area (Å²) in [5.41, 5.74) is 3.89. The number of esters is 1. The van der Waals surface area contributed by atoms with Crippen molar-refractivity contribution in [3.05, 3.63) is 88.3 Å². The first-order valence-corrected chi connectivity index (χ1v) is 10.6. The van der Waals surface area contributed by atoms with Crippen LogP contribution >= 0.6 is 11.6 Å². The summed E-state index contributed by atoms with van der Waals surface area (Å²) in [5.74, 6) is -0.748. The van der Waals surface area contributed by atoms with Crippen molar-refractivity contribution in [1.29, 1.82) is 0 Å². The Balaban J connectivity index is 1.45. The average Bonchev–Trinajstić information content (AvgIpc) is 3.31. The number of benzene rings is 2. The van der Waals surface area contributed by atoms with E-state index in [1.165, 1.54) is 4.68 Å². The first-order valence-electron chi connectivity index (χ1n) is 10.2. The van der Waals surface area contributed by atoms with E-state index in [1.807, 2.05) is 68.4 Å². The number of nitrogens with zero attached hydrogens (tertiary/aromatic N) is 4. The monoisotopic (exact) mass is 463 g/mol. The Kier molecular flexibility index (Phi) is 6.28. The van der Waals surface area contributed by atoms with Crippen LogP contribution in [-0.4, -0.2) is 38.0 Å². The first-order chi connectivity index (χ1) is 15.8. The number of anilines is 1. The van der Waals surface area contributed by atoms with E-state index in [1.54, 1.807) is 17.7 Å². The third-order valence-corrected chi connectivity index (χ3v) is 5.27. The highest BCUT2D eigenvalue weighted by molar-refractivity contribution is 6.33. The maximum absolute atomic E-state index is 12.7. The molecule has 0 aliphatic carbocycles. The lowest BCUT2D eigenvalue weighted by atomic mass is 10.2. The van der Waals surface area contributed by atoms with Crippen LogP contribution in [0.5, 0.6) is 0 Å². The molecule has 2 aromatic heterocycles. The van der Waals surface area contributed by atoms with Gasteiger partial charge in [-0.1, -0.05) is 47.5 Å². The average molecular weight is 464 g/mol. The molecule has 0 unspecified atom stereocenters. The second-order valence-corrected chi connectivity index (χ2v) is 7.90. The highest BCUT2D eigenvalue weighted by Crippen LogP contribution is 2.24. The molecule has 0 atom stereocenters. The second-order valence-electron chi connectivity index (χ2n) is 7.54. The number of hydrogen-bond acceptors (Lipinski definition) is 5. The lowest BCUT2D eigenvalue weighted by Gasteiger charge is -2.10. The summed E-state index contributed by atoms with van der Waals surface area (Å²) in [5, 5.41) is 11.6. The smallest absolute Gasteiger partial charge is 0.343 e. The van der Waals surface area contributed by atoms with E-state index in [0.717, 1.165) is 16.9 Å². The number of aryl methyl sites for hydroxylation is 3. The highest BCUT2D eigenvalue weighted by atomic mass is 35.5. The minimum Gasteiger partial charge on any atom is -0.452 e. The number of nitrogens with one attached hydrogen (secondary N) is 1. The summed E-state index contributed by atoms with van der Waals surface area (Å²) in [7, 11) is 0. The van der Waals surface area contributed by atoms with Crippen LogP contribution in [0.1, 0.15) is 27.3 Å². The maximum Gasteiger partial charge on any atom is 0.343 e. The van der Waals surface area contributed by atoms with E-state index in [2.05, 4.69) is 15.5 Å². The van der Waals surface area contributed by atoms with Crippen molar-refractivity contribution in [2.75, 3.05) is 11.9 Å². The standard InChI is InChI=1S/C24H22ClN5O3/c1-15-9-11-19(12-10-15)29-20(13-16(2)27-29)26-21(31)14-33-24(32)22-17(3)28-30(23(22)25)18-7-5-4-6-8-18/h4-13H,14H2,1-3H3,(H,26,31). The lowest BCUT2D eigenvalue weighted by Crippen LogP contribution is -2.22. The van der Waals surface area contributed by atoms with Gasteiger partial charge in [-0.25, -0.2) is 14.2 Å². The first kappa shape index (κ1) is 22.3. The van der Waals surface area contributed by atoms with Crippen LogP contribution in [0, 0.1) is 20.8 Å². The molecular formula is C24H22ClN5O3. The molecule has 2 heterocycles. The Morgan fingerprint density at radius 3 is 2.30 bits per heavy atom. The molecule has 4 rings (SSSR count). The van der Waals surface area contributed by atoms with Gasteiger partial charge in [-0.3, -0.25) is 4.79 Å². The highest BCUT2D eigenvalue weighted by Gasteiger charge is 2.23. The molecular weight excluding hydrogens is 442 g/mol. The summed E-state index contributed by atoms with van der Waals surface area (Å²) >= 11 is 6.39. The van der Waals surface area contributed by atoms with E-state index >= 15 is 0 Å². The number of aromatic nitrogens is 4. The summed E-state index contributed by atoms with van der Waals surface area (Å²) in [6, 6.07) is 18.7. The Hall–Kier alpha value is -3.91. The Labute approximate surface area is 195 Å². The third kappa shape index (κ3) is 4.80. The van der Waals surface area contributed by atoms with Gasteiger partial charge in [-0.15, -0.1) is 0 Å². The number of halogens is 1. The molecule has 8 nitrogen and oxygen atoms in total. The van der Waals surface area contributed by atoms with Gasteiger partial charge in [-0.2, -0.15) is 10.2 Å². The fourth-order valence-electron chi connectivity index (χ4n) is 3.32. The molecule has 0 saturated carbocycles. The Bertz CT molecular complexity index is 1310. The largest absolute Gasteiger partial charge is 0.452 e. The molecule has 0 saturated heterocycles. The van der Waals surface area contributed by atoms with Gasteiger partial charge in [0.25, 0.3) is 5.91 Å². The molecule has 0 bridgehead atoms. The molecule has 168 valence electrons. The number of ether oxygens (including phenoxy) is 1. The van der Waals surface area contributed by atoms with E-state index in [-0.39, 0.29) is 10.7 Å². The van der Waals surface area contributed by atoms with Gasteiger partial charge in [0, 0.05) is 6.07 Å². The fraction of sp³-hybridized carbons (Fsp3) is 0.167. The third-order valence-electron chi connectivity index (χ3n) is 4.92. The van der Waals surface area contributed by atoms with Crippen molar-refractivity contribution < 1.29 is 14.3 Å². The van der Waals surface area contributed by atoms with Crippen molar-refractivity contribution in [3.8, 4) is 11.4 Å². The van der Waals surface area contributed by atoms with E-state index in [9.17, 15) is 9.59 Å². The second kappa shape index (κ2) is 9.30. The molecule has 1 amide bonds. The molecule has 2 aromatic carbocycles. The van der Waals surface area contributed by atoms with Gasteiger partial charge in [-0.05, 0) is 45.0 Å². The van der Waals surface area contributed by atoms with E-state index in [4.69, 9.17) is 16.3 Å². The molecule has 33 heavy (non-hydrogen) atoms. The Morgan fingerprint density at radius 1 is 0.939 bits per heavy atom. The molecule has 0 spiro atoms. The van der Waals surface area contributed by atoms with E-state index in [0.29, 0.717) is 17.2 Å². The molecule has 0 fully saturated rings. The van der Waals surface area contributed by atoms with Gasteiger partial charge in [0.05, 0.1) is 22.8 Å². The van der Waals surface area contributed by atoms with Crippen LogP contribution in [0.4, 0.5) is 5.82 Å². The van der Waals surface area contributed by atoms with Gasteiger partial charge < -0.3 is 10.1 Å². The van der Waals surface area contributed by atoms with Crippen molar-refractivity contribution >= 4 is 29.3 Å². The van der Waals surface area contributed by atoms with Crippen molar-refractivity contribution in [3.63, 3.8) is 0 Å². The van der Waals surface area contributed by atoms with Gasteiger partial charge >= 0.3 is 5.97 Å². The van der Waals surface area contributed by atoms with Crippen LogP contribution in [0.3, 0.4) is 0 Å². The van der Waals surface area contributed by atoms with E-state index < -0.39 is 18.5 Å². The summed E-state index contributed by atoms with van der Waals surface area (Å²) in [6.07, 6.45) is 0. The maximum atomic E-state index is 12.7. The fourth-order valence-corrected chi connectivity index (χ4v) is 3.67. The van der Waals surface area contributed by atoms with Gasteiger partial charge in [0.2, 0.25) is 0 Å². The molecule has 9 heteroatoms. The Morgan fingerprint density at radius 2 is 1.61 bits per heavy atom. The summed E-state index contributed by atoms with van der Waals surface area (Å²) < 4.78 is 8.30. The van der Waals surface area contributed by atoms with Crippen LogP contribution in [0.15, 0.2) is 60.7 Å². The zero-order chi connectivity index (χ0) is 23.5. The molecule has 0 aliphatic heterocycles.